The number of benzene rings is 1. The van der Waals surface area contributed by atoms with Crippen LogP contribution in [-0.4, -0.2) is 95.6 Å². The van der Waals surface area contributed by atoms with Crippen LogP contribution < -0.4 is 4.90 Å². The molecule has 0 bridgehead atoms. The van der Waals surface area contributed by atoms with Crippen molar-refractivity contribution in [3.8, 4) is 0 Å². The standard InChI is InChI=1S/C33H44ClN5O4/c1-21-6-7-28(16-30(21)34)39(33(42)43-29-10-13-36(14-11-29)25(5)40)15-9-23(3)37-17-26-19-38(20-27(26)18-37)32(41)31-22(2)8-12-35-24(31)4/h6-8,12,16,23,26-27,29H,9-11,13-15,17-20H2,1-5H3. The van der Waals surface area contributed by atoms with Crippen LogP contribution in [-0.2, 0) is 9.53 Å². The van der Waals surface area contributed by atoms with E-state index >= 15 is 0 Å². The zero-order valence-electron chi connectivity index (χ0n) is 26.0. The number of fused-ring (bicyclic) bond motifs is 1. The number of hydrogen-bond acceptors (Lipinski definition) is 6. The number of piperidine rings is 1. The molecule has 2 aromatic rings. The highest BCUT2D eigenvalue weighted by Crippen LogP contribution is 2.34. The first-order valence-corrected chi connectivity index (χ1v) is 15.8. The lowest BCUT2D eigenvalue weighted by atomic mass is 10.0. The number of anilines is 1. The summed E-state index contributed by atoms with van der Waals surface area (Å²) in [5, 5.41) is 0.612. The first-order chi connectivity index (χ1) is 20.5. The van der Waals surface area contributed by atoms with E-state index in [0.29, 0.717) is 49.3 Å². The summed E-state index contributed by atoms with van der Waals surface area (Å²) < 4.78 is 5.96. The van der Waals surface area contributed by atoms with E-state index in [-0.39, 0.29) is 30.1 Å². The second-order valence-corrected chi connectivity index (χ2v) is 13.0. The molecule has 3 unspecified atom stereocenters. The van der Waals surface area contributed by atoms with Crippen LogP contribution in [0, 0.1) is 32.6 Å². The molecule has 9 nitrogen and oxygen atoms in total. The molecule has 3 atom stereocenters. The number of pyridine rings is 1. The molecule has 0 spiro atoms. The molecule has 43 heavy (non-hydrogen) atoms. The highest BCUT2D eigenvalue weighted by molar-refractivity contribution is 6.31. The molecule has 3 saturated heterocycles. The van der Waals surface area contributed by atoms with Gasteiger partial charge in [-0.15, -0.1) is 0 Å². The van der Waals surface area contributed by atoms with Gasteiger partial charge in [0.15, 0.2) is 0 Å². The molecule has 232 valence electrons. The van der Waals surface area contributed by atoms with E-state index in [0.717, 1.165) is 60.7 Å². The van der Waals surface area contributed by atoms with Gasteiger partial charge < -0.3 is 14.5 Å². The Bertz CT molecular complexity index is 1330. The highest BCUT2D eigenvalue weighted by atomic mass is 35.5. The van der Waals surface area contributed by atoms with Crippen molar-refractivity contribution in [3.05, 3.63) is 57.9 Å². The minimum atomic E-state index is -0.373. The SMILES string of the molecule is CC(=O)N1CCC(OC(=O)N(CCC(C)N2CC3CN(C(=O)c4c(C)ccnc4C)CC3C2)c2ccc(C)c(Cl)c2)CC1. The van der Waals surface area contributed by atoms with E-state index in [1.54, 1.807) is 22.9 Å². The number of halogens is 1. The molecule has 0 N–H and O–H groups in total. The molecule has 3 aliphatic rings. The van der Waals surface area contributed by atoms with Crippen LogP contribution in [0.25, 0.3) is 0 Å². The van der Waals surface area contributed by atoms with Crippen LogP contribution in [0.2, 0.25) is 5.02 Å². The number of carbonyl (C=O) groups excluding carboxylic acids is 3. The molecule has 4 heterocycles. The van der Waals surface area contributed by atoms with Gasteiger partial charge in [-0.2, -0.15) is 0 Å². The van der Waals surface area contributed by atoms with E-state index in [4.69, 9.17) is 16.3 Å². The molecular formula is C33H44ClN5O4. The lowest BCUT2D eigenvalue weighted by Crippen LogP contribution is -2.43. The number of carbonyl (C=O) groups is 3. The fraction of sp³-hybridized carbons (Fsp3) is 0.576. The lowest BCUT2D eigenvalue weighted by molar-refractivity contribution is -0.130. The summed E-state index contributed by atoms with van der Waals surface area (Å²) in [4.78, 5) is 50.9. The van der Waals surface area contributed by atoms with Crippen LogP contribution in [0.5, 0.6) is 0 Å². The third-order valence-electron chi connectivity index (χ3n) is 9.60. The van der Waals surface area contributed by atoms with Gasteiger partial charge in [-0.05, 0) is 75.3 Å². The Labute approximate surface area is 260 Å². The predicted octanol–water partition coefficient (Wildman–Crippen LogP) is 5.10. The maximum Gasteiger partial charge on any atom is 0.414 e. The van der Waals surface area contributed by atoms with Gasteiger partial charge in [-0.3, -0.25) is 24.4 Å². The topological polar surface area (TPSA) is 86.3 Å². The van der Waals surface area contributed by atoms with Gasteiger partial charge in [0.25, 0.3) is 5.91 Å². The maximum atomic E-state index is 13.5. The summed E-state index contributed by atoms with van der Waals surface area (Å²) in [7, 11) is 0. The molecule has 3 amide bonds. The minimum Gasteiger partial charge on any atom is -0.446 e. The number of aryl methyl sites for hydroxylation is 3. The predicted molar refractivity (Wildman–Crippen MR) is 168 cm³/mol. The summed E-state index contributed by atoms with van der Waals surface area (Å²) in [5.74, 6) is 1.04. The van der Waals surface area contributed by atoms with Crippen molar-refractivity contribution in [2.24, 2.45) is 11.8 Å². The molecule has 1 aromatic carbocycles. The Hall–Kier alpha value is -3.17. The van der Waals surface area contributed by atoms with E-state index in [2.05, 4.69) is 16.8 Å². The van der Waals surface area contributed by atoms with Crippen molar-refractivity contribution in [3.63, 3.8) is 0 Å². The summed E-state index contributed by atoms with van der Waals surface area (Å²) in [6.07, 6.45) is 3.22. The highest BCUT2D eigenvalue weighted by Gasteiger charge is 2.43. The van der Waals surface area contributed by atoms with Gasteiger partial charge >= 0.3 is 6.09 Å². The first-order valence-electron chi connectivity index (χ1n) is 15.5. The van der Waals surface area contributed by atoms with Crippen LogP contribution in [0.4, 0.5) is 10.5 Å². The van der Waals surface area contributed by atoms with E-state index in [9.17, 15) is 14.4 Å². The molecule has 10 heteroatoms. The lowest BCUT2D eigenvalue weighted by Gasteiger charge is -2.33. The molecule has 5 rings (SSSR count). The fourth-order valence-electron chi connectivity index (χ4n) is 6.80. The van der Waals surface area contributed by atoms with Crippen LogP contribution in [0.1, 0.15) is 60.3 Å². The van der Waals surface area contributed by atoms with Crippen LogP contribution in [0.15, 0.2) is 30.5 Å². The van der Waals surface area contributed by atoms with Crippen molar-refractivity contribution in [2.45, 2.75) is 66.0 Å². The monoisotopic (exact) mass is 609 g/mol. The number of aromatic nitrogens is 1. The zero-order valence-corrected chi connectivity index (χ0v) is 26.8. The zero-order chi connectivity index (χ0) is 30.8. The molecule has 3 aliphatic heterocycles. The number of ether oxygens (including phenoxy) is 1. The Kier molecular flexibility index (Phi) is 9.61. The van der Waals surface area contributed by atoms with Gasteiger partial charge in [0.1, 0.15) is 6.10 Å². The summed E-state index contributed by atoms with van der Waals surface area (Å²) in [6.45, 7) is 14.7. The molecule has 1 aromatic heterocycles. The summed E-state index contributed by atoms with van der Waals surface area (Å²) in [6, 6.07) is 7.84. The van der Waals surface area contributed by atoms with E-state index in [1.165, 1.54) is 0 Å². The number of likely N-dealkylation sites (tertiary alicyclic amines) is 3. The Morgan fingerprint density at radius 2 is 1.67 bits per heavy atom. The van der Waals surface area contributed by atoms with Gasteiger partial charge in [0.2, 0.25) is 5.91 Å². The second-order valence-electron chi connectivity index (χ2n) is 12.6. The van der Waals surface area contributed by atoms with Crippen LogP contribution >= 0.6 is 11.6 Å². The van der Waals surface area contributed by atoms with Crippen molar-refractivity contribution >= 4 is 35.2 Å². The summed E-state index contributed by atoms with van der Waals surface area (Å²) in [5.41, 5.74) is 4.18. The maximum absolute atomic E-state index is 13.5. The van der Waals surface area contributed by atoms with Gasteiger partial charge in [0, 0.05) is 88.5 Å². The third kappa shape index (κ3) is 6.99. The normalized spacial score (nSPS) is 21.5. The average Bonchev–Trinajstić information content (AvgIpc) is 3.55. The van der Waals surface area contributed by atoms with Gasteiger partial charge in [0.05, 0.1) is 11.3 Å². The van der Waals surface area contributed by atoms with E-state index in [1.807, 2.05) is 49.9 Å². The smallest absolute Gasteiger partial charge is 0.414 e. The van der Waals surface area contributed by atoms with Crippen molar-refractivity contribution in [2.75, 3.05) is 50.7 Å². The first kappa shape index (κ1) is 31.3. The fourth-order valence-corrected chi connectivity index (χ4v) is 6.97. The molecular weight excluding hydrogens is 566 g/mol. The number of rotatable bonds is 7. The minimum absolute atomic E-state index is 0.0544. The van der Waals surface area contributed by atoms with E-state index < -0.39 is 0 Å². The summed E-state index contributed by atoms with van der Waals surface area (Å²) >= 11 is 6.46. The Morgan fingerprint density at radius 1 is 1.00 bits per heavy atom. The number of hydrogen-bond donors (Lipinski definition) is 0. The molecule has 0 radical (unpaired) electrons. The molecule has 0 aliphatic carbocycles. The van der Waals surface area contributed by atoms with Crippen molar-refractivity contribution < 1.29 is 19.1 Å². The van der Waals surface area contributed by atoms with Crippen molar-refractivity contribution in [1.82, 2.24) is 19.7 Å². The second kappa shape index (κ2) is 13.2. The Morgan fingerprint density at radius 3 is 2.28 bits per heavy atom. The Balaban J connectivity index is 1.18. The van der Waals surface area contributed by atoms with Gasteiger partial charge in [-0.1, -0.05) is 17.7 Å². The molecule has 3 fully saturated rings. The van der Waals surface area contributed by atoms with Crippen LogP contribution in [0.3, 0.4) is 0 Å². The third-order valence-corrected chi connectivity index (χ3v) is 10.0. The molecule has 0 saturated carbocycles. The quantitative estimate of drug-likeness (QED) is 0.434. The number of nitrogens with zero attached hydrogens (tertiary/aromatic N) is 5. The van der Waals surface area contributed by atoms with Gasteiger partial charge in [-0.25, -0.2) is 4.79 Å². The largest absolute Gasteiger partial charge is 0.446 e. The van der Waals surface area contributed by atoms with Crippen molar-refractivity contribution in [1.29, 1.82) is 0 Å². The average molecular weight is 610 g/mol. The number of amides is 3.